The summed E-state index contributed by atoms with van der Waals surface area (Å²) in [5.74, 6) is 0.586. The van der Waals surface area contributed by atoms with Gasteiger partial charge in [-0.1, -0.05) is 72.8 Å². The quantitative estimate of drug-likeness (QED) is 0.527. The summed E-state index contributed by atoms with van der Waals surface area (Å²) < 4.78 is 0. The van der Waals surface area contributed by atoms with Crippen LogP contribution in [-0.4, -0.2) is 11.7 Å². The molecular weight excluding hydrogens is 294 g/mol. The van der Waals surface area contributed by atoms with E-state index in [1.54, 1.807) is 4.90 Å². The normalized spacial score (nSPS) is 10.2. The van der Waals surface area contributed by atoms with E-state index in [2.05, 4.69) is 0 Å². The molecular formula is C21H19N3. The lowest BCUT2D eigenvalue weighted by atomic mass is 10.1. The number of anilines is 1. The van der Waals surface area contributed by atoms with Crippen LogP contribution in [0, 0.1) is 17.7 Å². The molecule has 0 heterocycles. The van der Waals surface area contributed by atoms with E-state index >= 15 is 0 Å². The van der Waals surface area contributed by atoms with Crippen LogP contribution in [-0.2, 0) is 0 Å². The molecule has 0 amide bonds. The fraction of sp³-hybridized carbons (Fsp3) is 0.0476. The second-order valence-corrected chi connectivity index (χ2v) is 5.55. The smallest absolute Gasteiger partial charge is 0.138 e. The summed E-state index contributed by atoms with van der Waals surface area (Å²) in [6, 6.07) is 26.9. The van der Waals surface area contributed by atoms with Crippen molar-refractivity contribution in [3.63, 3.8) is 0 Å². The maximum atomic E-state index is 8.73. The van der Waals surface area contributed by atoms with Gasteiger partial charge in [-0.3, -0.25) is 15.7 Å². The van der Waals surface area contributed by atoms with E-state index in [-0.39, 0.29) is 5.84 Å². The molecule has 3 aromatic carbocycles. The van der Waals surface area contributed by atoms with Gasteiger partial charge in [0.2, 0.25) is 0 Å². The largest absolute Gasteiger partial charge is 0.284 e. The highest BCUT2D eigenvalue weighted by molar-refractivity contribution is 6.27. The fourth-order valence-electron chi connectivity index (χ4n) is 2.63. The highest BCUT2D eigenvalue weighted by Gasteiger charge is 2.21. The molecule has 0 unspecified atom stereocenters. The summed E-state index contributed by atoms with van der Waals surface area (Å²) in [6.45, 7) is 1.99. The van der Waals surface area contributed by atoms with Crippen molar-refractivity contribution in [1.82, 2.24) is 0 Å². The first-order chi connectivity index (χ1) is 11.7. The molecule has 24 heavy (non-hydrogen) atoms. The van der Waals surface area contributed by atoms with Crippen LogP contribution in [0.2, 0.25) is 0 Å². The summed E-state index contributed by atoms with van der Waals surface area (Å²) in [4.78, 5) is 1.68. The predicted octanol–water partition coefficient (Wildman–Crippen LogP) is 4.85. The Bertz CT molecular complexity index is 855. The van der Waals surface area contributed by atoms with Crippen LogP contribution in [0.3, 0.4) is 0 Å². The molecule has 0 fully saturated rings. The van der Waals surface area contributed by atoms with Crippen LogP contribution in [0.1, 0.15) is 16.7 Å². The van der Waals surface area contributed by atoms with Crippen LogP contribution in [0.4, 0.5) is 5.69 Å². The zero-order valence-corrected chi connectivity index (χ0v) is 13.5. The van der Waals surface area contributed by atoms with Crippen molar-refractivity contribution in [2.75, 3.05) is 4.90 Å². The van der Waals surface area contributed by atoms with Crippen molar-refractivity contribution >= 4 is 17.4 Å². The van der Waals surface area contributed by atoms with Gasteiger partial charge in [0, 0.05) is 16.8 Å². The van der Waals surface area contributed by atoms with Crippen molar-refractivity contribution in [2.45, 2.75) is 6.92 Å². The van der Waals surface area contributed by atoms with Crippen molar-refractivity contribution in [3.05, 3.63) is 102 Å². The third-order valence-corrected chi connectivity index (χ3v) is 3.91. The molecule has 0 radical (unpaired) electrons. The Morgan fingerprint density at radius 2 is 1.21 bits per heavy atom. The van der Waals surface area contributed by atoms with Crippen LogP contribution >= 0.6 is 0 Å². The molecule has 118 valence electrons. The number of hydrogen-bond donors (Lipinski definition) is 2. The van der Waals surface area contributed by atoms with Gasteiger partial charge in [0.15, 0.2) is 0 Å². The van der Waals surface area contributed by atoms with E-state index in [4.69, 9.17) is 10.8 Å². The van der Waals surface area contributed by atoms with E-state index in [9.17, 15) is 0 Å². The molecule has 0 saturated heterocycles. The molecule has 3 aromatic rings. The van der Waals surface area contributed by atoms with Crippen molar-refractivity contribution < 1.29 is 0 Å². The van der Waals surface area contributed by atoms with Gasteiger partial charge in [-0.25, -0.2) is 0 Å². The number of amidine groups is 2. The second kappa shape index (κ2) is 6.92. The number of benzene rings is 3. The molecule has 0 atom stereocenters. The third kappa shape index (κ3) is 3.10. The standard InChI is InChI=1S/C21H19N3/c1-16-10-8-9-15-19(16)21(23)24(18-13-6-3-7-14-18)20(22)17-11-4-2-5-12-17/h2-15,22-23H,1H3. The Labute approximate surface area is 142 Å². The lowest BCUT2D eigenvalue weighted by molar-refractivity contribution is 1.27. The zero-order chi connectivity index (χ0) is 16.9. The van der Waals surface area contributed by atoms with Crippen LogP contribution in [0.15, 0.2) is 84.9 Å². The number of nitrogens with one attached hydrogen (secondary N) is 2. The first-order valence-corrected chi connectivity index (χ1v) is 7.82. The Morgan fingerprint density at radius 3 is 1.83 bits per heavy atom. The lowest BCUT2D eigenvalue weighted by Gasteiger charge is -2.26. The highest BCUT2D eigenvalue weighted by atomic mass is 15.2. The highest BCUT2D eigenvalue weighted by Crippen LogP contribution is 2.21. The van der Waals surface area contributed by atoms with Crippen LogP contribution in [0.5, 0.6) is 0 Å². The van der Waals surface area contributed by atoms with E-state index in [1.807, 2.05) is 91.9 Å². The zero-order valence-electron chi connectivity index (χ0n) is 13.5. The van der Waals surface area contributed by atoms with E-state index < -0.39 is 0 Å². The summed E-state index contributed by atoms with van der Waals surface area (Å²) >= 11 is 0. The minimum absolute atomic E-state index is 0.287. The van der Waals surface area contributed by atoms with Gasteiger partial charge in [0.25, 0.3) is 0 Å². The topological polar surface area (TPSA) is 50.9 Å². The predicted molar refractivity (Wildman–Crippen MR) is 100 cm³/mol. The molecule has 0 spiro atoms. The third-order valence-electron chi connectivity index (χ3n) is 3.91. The summed E-state index contributed by atoms with van der Waals surface area (Å²) in [6.07, 6.45) is 0. The second-order valence-electron chi connectivity index (χ2n) is 5.55. The number of nitrogens with zero attached hydrogens (tertiary/aromatic N) is 1. The average Bonchev–Trinajstić information content (AvgIpc) is 2.64. The van der Waals surface area contributed by atoms with Crippen molar-refractivity contribution in [3.8, 4) is 0 Å². The molecule has 0 aromatic heterocycles. The molecule has 3 rings (SSSR count). The van der Waals surface area contributed by atoms with E-state index in [0.717, 1.165) is 22.4 Å². The van der Waals surface area contributed by atoms with E-state index in [1.165, 1.54) is 0 Å². The van der Waals surface area contributed by atoms with Crippen molar-refractivity contribution in [2.24, 2.45) is 0 Å². The van der Waals surface area contributed by atoms with Crippen LogP contribution < -0.4 is 4.90 Å². The number of hydrogen-bond acceptors (Lipinski definition) is 2. The molecule has 3 heteroatoms. The molecule has 0 bridgehead atoms. The first kappa shape index (κ1) is 15.7. The van der Waals surface area contributed by atoms with Crippen LogP contribution in [0.25, 0.3) is 0 Å². The number of para-hydroxylation sites is 1. The fourth-order valence-corrected chi connectivity index (χ4v) is 2.63. The molecule has 0 saturated carbocycles. The Morgan fingerprint density at radius 1 is 0.667 bits per heavy atom. The minimum atomic E-state index is 0.287. The maximum absolute atomic E-state index is 8.73. The first-order valence-electron chi connectivity index (χ1n) is 7.82. The number of rotatable bonds is 3. The van der Waals surface area contributed by atoms with Gasteiger partial charge >= 0.3 is 0 Å². The molecule has 0 aliphatic carbocycles. The monoisotopic (exact) mass is 313 g/mol. The summed E-state index contributed by atoms with van der Waals surface area (Å²) in [7, 11) is 0. The molecule has 0 aliphatic heterocycles. The Balaban J connectivity index is 2.08. The maximum Gasteiger partial charge on any atom is 0.138 e. The van der Waals surface area contributed by atoms with Crippen molar-refractivity contribution in [1.29, 1.82) is 10.8 Å². The lowest BCUT2D eigenvalue weighted by Crippen LogP contribution is -2.37. The van der Waals surface area contributed by atoms with Gasteiger partial charge in [-0.2, -0.15) is 0 Å². The van der Waals surface area contributed by atoms with Gasteiger partial charge in [0.05, 0.1) is 0 Å². The molecule has 0 aliphatic rings. The Hall–Kier alpha value is -3.20. The van der Waals surface area contributed by atoms with Gasteiger partial charge in [-0.05, 0) is 24.6 Å². The SMILES string of the molecule is Cc1ccccc1C(=N)N(C(=N)c1ccccc1)c1ccccc1. The molecule has 2 N–H and O–H groups in total. The summed E-state index contributed by atoms with van der Waals surface area (Å²) in [5, 5.41) is 17.4. The van der Waals surface area contributed by atoms with E-state index in [0.29, 0.717) is 5.84 Å². The van der Waals surface area contributed by atoms with Gasteiger partial charge in [0.1, 0.15) is 11.7 Å². The Kier molecular flexibility index (Phi) is 4.52. The summed E-state index contributed by atoms with van der Waals surface area (Å²) in [5.41, 5.74) is 3.42. The minimum Gasteiger partial charge on any atom is -0.284 e. The average molecular weight is 313 g/mol. The van der Waals surface area contributed by atoms with Gasteiger partial charge in [-0.15, -0.1) is 0 Å². The van der Waals surface area contributed by atoms with Gasteiger partial charge < -0.3 is 0 Å². The molecule has 3 nitrogen and oxygen atoms in total. The number of aryl methyl sites for hydroxylation is 1.